The van der Waals surface area contributed by atoms with Crippen molar-refractivity contribution in [3.05, 3.63) is 64.1 Å². The van der Waals surface area contributed by atoms with Crippen molar-refractivity contribution in [2.24, 2.45) is 0 Å². The van der Waals surface area contributed by atoms with Crippen LogP contribution in [0.1, 0.15) is 25.9 Å². The molecule has 6 nitrogen and oxygen atoms in total. The van der Waals surface area contributed by atoms with Gasteiger partial charge in [-0.15, -0.1) is 11.3 Å². The summed E-state index contributed by atoms with van der Waals surface area (Å²) in [5.41, 5.74) is 0.885. The summed E-state index contributed by atoms with van der Waals surface area (Å²) >= 11 is 1.32. The topological polar surface area (TPSA) is 68.7 Å². The van der Waals surface area contributed by atoms with Gasteiger partial charge in [-0.05, 0) is 16.8 Å². The number of fused-ring (bicyclic) bond motifs is 1. The van der Waals surface area contributed by atoms with Crippen LogP contribution in [0.4, 0.5) is 0 Å². The van der Waals surface area contributed by atoms with Gasteiger partial charge in [0.15, 0.2) is 5.69 Å². The van der Waals surface area contributed by atoms with E-state index in [1.165, 1.54) is 18.4 Å². The molecule has 0 atom stereocenters. The van der Waals surface area contributed by atoms with Gasteiger partial charge in [0.1, 0.15) is 5.01 Å². The van der Waals surface area contributed by atoms with Gasteiger partial charge in [-0.3, -0.25) is 4.79 Å². The Morgan fingerprint density at radius 3 is 2.67 bits per heavy atom. The zero-order chi connectivity index (χ0) is 19.2. The SMILES string of the molecule is COCCN(Cc1nc(C(=O)OC)cs1)C(=O)c1cccc2ccccc12. The van der Waals surface area contributed by atoms with Crippen LogP contribution in [0.25, 0.3) is 10.8 Å². The Morgan fingerprint density at radius 2 is 1.89 bits per heavy atom. The Hall–Kier alpha value is -2.77. The molecule has 3 aromatic rings. The molecular formula is C20H20N2O4S. The van der Waals surface area contributed by atoms with Crippen LogP contribution in [0.5, 0.6) is 0 Å². The third-order valence-electron chi connectivity index (χ3n) is 4.14. The number of amides is 1. The van der Waals surface area contributed by atoms with Gasteiger partial charge >= 0.3 is 5.97 Å². The summed E-state index contributed by atoms with van der Waals surface area (Å²) < 4.78 is 9.85. The minimum absolute atomic E-state index is 0.0985. The van der Waals surface area contributed by atoms with Gasteiger partial charge in [-0.1, -0.05) is 36.4 Å². The van der Waals surface area contributed by atoms with E-state index in [1.807, 2.05) is 42.5 Å². The lowest BCUT2D eigenvalue weighted by Gasteiger charge is -2.22. The van der Waals surface area contributed by atoms with E-state index in [-0.39, 0.29) is 11.6 Å². The molecule has 0 bridgehead atoms. The van der Waals surface area contributed by atoms with E-state index in [0.29, 0.717) is 30.3 Å². The largest absolute Gasteiger partial charge is 0.464 e. The lowest BCUT2D eigenvalue weighted by Crippen LogP contribution is -2.33. The minimum Gasteiger partial charge on any atom is -0.464 e. The number of carbonyl (C=O) groups excluding carboxylic acids is 2. The van der Waals surface area contributed by atoms with Crippen LogP contribution >= 0.6 is 11.3 Å². The zero-order valence-electron chi connectivity index (χ0n) is 15.2. The first-order valence-electron chi connectivity index (χ1n) is 8.42. The molecule has 7 heteroatoms. The molecule has 0 spiro atoms. The number of esters is 1. The smallest absolute Gasteiger partial charge is 0.357 e. The fourth-order valence-corrected chi connectivity index (χ4v) is 3.56. The third-order valence-corrected chi connectivity index (χ3v) is 4.98. The molecule has 3 rings (SSSR count). The van der Waals surface area contributed by atoms with Crippen LogP contribution in [-0.4, -0.2) is 49.1 Å². The lowest BCUT2D eigenvalue weighted by molar-refractivity contribution is 0.0594. The van der Waals surface area contributed by atoms with Crippen molar-refractivity contribution in [2.75, 3.05) is 27.4 Å². The quantitative estimate of drug-likeness (QED) is 0.584. The molecule has 140 valence electrons. The highest BCUT2D eigenvalue weighted by Gasteiger charge is 2.20. The summed E-state index contributed by atoms with van der Waals surface area (Å²) in [6.45, 7) is 1.13. The zero-order valence-corrected chi connectivity index (χ0v) is 16.0. The average Bonchev–Trinajstić information content (AvgIpc) is 3.18. The van der Waals surface area contributed by atoms with E-state index in [9.17, 15) is 9.59 Å². The molecule has 0 fully saturated rings. The second-order valence-corrected chi connectivity index (χ2v) is 6.81. The van der Waals surface area contributed by atoms with Crippen LogP contribution in [0.3, 0.4) is 0 Å². The molecular weight excluding hydrogens is 364 g/mol. The summed E-state index contributed by atoms with van der Waals surface area (Å²) in [5.74, 6) is -0.583. The Labute approximate surface area is 161 Å². The first kappa shape index (κ1) is 19.0. The summed E-state index contributed by atoms with van der Waals surface area (Å²) in [6, 6.07) is 13.5. The number of methoxy groups -OCH3 is 2. The fourth-order valence-electron chi connectivity index (χ4n) is 2.78. The van der Waals surface area contributed by atoms with Crippen molar-refractivity contribution in [1.29, 1.82) is 0 Å². The number of aromatic nitrogens is 1. The predicted octanol–water partition coefficient (Wildman–Crippen LogP) is 3.37. The molecule has 0 aliphatic heterocycles. The van der Waals surface area contributed by atoms with E-state index in [0.717, 1.165) is 10.8 Å². The molecule has 1 amide bonds. The van der Waals surface area contributed by atoms with Gasteiger partial charge in [0, 0.05) is 24.6 Å². The molecule has 0 N–H and O–H groups in total. The average molecular weight is 384 g/mol. The van der Waals surface area contributed by atoms with Crippen LogP contribution in [-0.2, 0) is 16.0 Å². The highest BCUT2D eigenvalue weighted by molar-refractivity contribution is 7.09. The maximum Gasteiger partial charge on any atom is 0.357 e. The molecule has 0 aliphatic carbocycles. The van der Waals surface area contributed by atoms with E-state index in [2.05, 4.69) is 9.72 Å². The number of ether oxygens (including phenoxy) is 2. The molecule has 27 heavy (non-hydrogen) atoms. The molecule has 0 saturated carbocycles. The molecule has 1 heterocycles. The Balaban J connectivity index is 1.88. The van der Waals surface area contributed by atoms with Crippen LogP contribution < -0.4 is 0 Å². The fraction of sp³-hybridized carbons (Fsp3) is 0.250. The molecule has 0 unspecified atom stereocenters. The molecule has 0 saturated heterocycles. The van der Waals surface area contributed by atoms with Crippen molar-refractivity contribution in [2.45, 2.75) is 6.54 Å². The summed E-state index contributed by atoms with van der Waals surface area (Å²) in [7, 11) is 2.91. The van der Waals surface area contributed by atoms with Gasteiger partial charge in [-0.25, -0.2) is 9.78 Å². The number of carbonyl (C=O) groups is 2. The maximum absolute atomic E-state index is 13.2. The number of nitrogens with zero attached hydrogens (tertiary/aromatic N) is 2. The normalized spacial score (nSPS) is 10.7. The van der Waals surface area contributed by atoms with Gasteiger partial charge in [0.05, 0.1) is 20.3 Å². The predicted molar refractivity (Wildman–Crippen MR) is 104 cm³/mol. The van der Waals surface area contributed by atoms with Crippen molar-refractivity contribution in [3.63, 3.8) is 0 Å². The van der Waals surface area contributed by atoms with E-state index >= 15 is 0 Å². The standard InChI is InChI=1S/C20H20N2O4S/c1-25-11-10-22(12-18-21-17(13-27-18)20(24)26-2)19(23)16-9-5-7-14-6-3-4-8-15(14)16/h3-9,13H,10-12H2,1-2H3. The second-order valence-electron chi connectivity index (χ2n) is 5.86. The van der Waals surface area contributed by atoms with E-state index in [4.69, 9.17) is 4.74 Å². The lowest BCUT2D eigenvalue weighted by atomic mass is 10.0. The van der Waals surface area contributed by atoms with Crippen molar-refractivity contribution in [3.8, 4) is 0 Å². The van der Waals surface area contributed by atoms with Crippen LogP contribution in [0.2, 0.25) is 0 Å². The number of benzene rings is 2. The van der Waals surface area contributed by atoms with Crippen molar-refractivity contribution < 1.29 is 19.1 Å². The monoisotopic (exact) mass is 384 g/mol. The van der Waals surface area contributed by atoms with Crippen molar-refractivity contribution >= 4 is 34.0 Å². The van der Waals surface area contributed by atoms with E-state index in [1.54, 1.807) is 17.4 Å². The Kier molecular flexibility index (Phi) is 6.16. The van der Waals surface area contributed by atoms with Crippen molar-refractivity contribution in [1.82, 2.24) is 9.88 Å². The highest BCUT2D eigenvalue weighted by Crippen LogP contribution is 2.21. The summed E-state index contributed by atoms with van der Waals surface area (Å²) in [5, 5.41) is 4.22. The van der Waals surface area contributed by atoms with Gasteiger partial charge < -0.3 is 14.4 Å². The third kappa shape index (κ3) is 4.32. The van der Waals surface area contributed by atoms with Gasteiger partial charge in [-0.2, -0.15) is 0 Å². The van der Waals surface area contributed by atoms with Gasteiger partial charge in [0.25, 0.3) is 5.91 Å². The van der Waals surface area contributed by atoms with Gasteiger partial charge in [0.2, 0.25) is 0 Å². The van der Waals surface area contributed by atoms with E-state index < -0.39 is 5.97 Å². The molecule has 0 radical (unpaired) electrons. The maximum atomic E-state index is 13.2. The highest BCUT2D eigenvalue weighted by atomic mass is 32.1. The molecule has 2 aromatic carbocycles. The summed E-state index contributed by atoms with van der Waals surface area (Å²) in [6.07, 6.45) is 0. The Morgan fingerprint density at radius 1 is 1.11 bits per heavy atom. The first-order chi connectivity index (χ1) is 13.1. The minimum atomic E-state index is -0.485. The molecule has 0 aliphatic rings. The number of hydrogen-bond acceptors (Lipinski definition) is 6. The number of hydrogen-bond donors (Lipinski definition) is 0. The van der Waals surface area contributed by atoms with Crippen LogP contribution in [0.15, 0.2) is 47.8 Å². The summed E-state index contributed by atoms with van der Waals surface area (Å²) in [4.78, 5) is 30.8. The number of thiazole rings is 1. The Bertz CT molecular complexity index is 949. The number of rotatable bonds is 7. The first-order valence-corrected chi connectivity index (χ1v) is 9.30. The second kappa shape index (κ2) is 8.75. The van der Waals surface area contributed by atoms with Crippen LogP contribution in [0, 0.1) is 0 Å². The molecule has 1 aromatic heterocycles.